The molecule has 1 fully saturated rings. The second-order valence-corrected chi connectivity index (χ2v) is 10.8. The zero-order valence-corrected chi connectivity index (χ0v) is 24.3. The van der Waals surface area contributed by atoms with Crippen molar-refractivity contribution in [3.8, 4) is 28.7 Å². The number of fused-ring (bicyclic) bond motifs is 3. The van der Waals surface area contributed by atoms with E-state index in [1.54, 1.807) is 30.3 Å². The van der Waals surface area contributed by atoms with E-state index < -0.39 is 35.8 Å². The summed E-state index contributed by atoms with van der Waals surface area (Å²) in [4.78, 5) is 26.8. The lowest BCUT2D eigenvalue weighted by Gasteiger charge is -2.39. The van der Waals surface area contributed by atoms with Crippen LogP contribution < -0.4 is 23.7 Å². The highest BCUT2D eigenvalue weighted by atomic mass is 35.5. The van der Waals surface area contributed by atoms with Gasteiger partial charge in [0.25, 0.3) is 0 Å². The summed E-state index contributed by atoms with van der Waals surface area (Å²) in [6.07, 6.45) is -0.877. The summed E-state index contributed by atoms with van der Waals surface area (Å²) in [5.74, 6) is -1.78. The van der Waals surface area contributed by atoms with Crippen molar-refractivity contribution < 1.29 is 42.7 Å². The molecule has 0 amide bonds. The van der Waals surface area contributed by atoms with E-state index in [0.29, 0.717) is 33.2 Å². The van der Waals surface area contributed by atoms with E-state index in [0.717, 1.165) is 0 Å². The molecule has 0 radical (unpaired) electrons. The van der Waals surface area contributed by atoms with Gasteiger partial charge in [-0.15, -0.1) is 0 Å². The number of carbonyl (C=O) groups is 2. The van der Waals surface area contributed by atoms with Gasteiger partial charge < -0.3 is 33.2 Å². The van der Waals surface area contributed by atoms with Gasteiger partial charge in [-0.2, -0.15) is 0 Å². The first-order chi connectivity index (χ1) is 19.8. The SMILES string of the molecule is COc1c(Cl)c([C@@H]2c3cc4c(cc3[C@@H](OC(=O)c3cccc(Cl)c3)[C@H]3COC(=O)[C@H]23)OCO4)c(Cl)c(OC)c1OC. The van der Waals surface area contributed by atoms with Crippen molar-refractivity contribution in [2.45, 2.75) is 12.0 Å². The van der Waals surface area contributed by atoms with E-state index in [1.807, 2.05) is 0 Å². The zero-order chi connectivity index (χ0) is 29.0. The van der Waals surface area contributed by atoms with Crippen LogP contribution in [0.1, 0.15) is 39.1 Å². The van der Waals surface area contributed by atoms with Crippen molar-refractivity contribution in [2.75, 3.05) is 34.7 Å². The molecule has 1 aliphatic carbocycles. The predicted octanol–water partition coefficient (Wildman–Crippen LogP) is 6.23. The Morgan fingerprint density at radius 3 is 2.10 bits per heavy atom. The summed E-state index contributed by atoms with van der Waals surface area (Å²) in [5.41, 5.74) is 1.82. The minimum absolute atomic E-state index is 0.00103. The van der Waals surface area contributed by atoms with Gasteiger partial charge in [0.2, 0.25) is 12.5 Å². The van der Waals surface area contributed by atoms with Gasteiger partial charge in [0.15, 0.2) is 23.0 Å². The van der Waals surface area contributed by atoms with E-state index in [2.05, 4.69) is 0 Å². The molecule has 3 aromatic carbocycles. The standard InChI is InChI=1S/C29H23Cl3O9/c1-35-25-22(31)21(23(32)26(36-2)27(25)37-3)19-14-8-17-18(40-11-39-17)9-15(14)24(16-10-38-29(34)20(16)19)41-28(33)12-5-4-6-13(30)7-12/h4-9,16,19-20,24H,10-11H2,1-3H3/t16-,19+,20-,24+/m0/s1. The van der Waals surface area contributed by atoms with Gasteiger partial charge >= 0.3 is 11.9 Å². The van der Waals surface area contributed by atoms with Crippen molar-refractivity contribution in [3.05, 3.63) is 73.7 Å². The lowest BCUT2D eigenvalue weighted by Crippen LogP contribution is -2.37. The molecule has 0 aromatic heterocycles. The molecule has 41 heavy (non-hydrogen) atoms. The second-order valence-electron chi connectivity index (χ2n) is 9.61. The van der Waals surface area contributed by atoms with E-state index in [9.17, 15) is 9.59 Å². The monoisotopic (exact) mass is 620 g/mol. The van der Waals surface area contributed by atoms with Crippen LogP contribution in [0.4, 0.5) is 0 Å². The summed E-state index contributed by atoms with van der Waals surface area (Å²) in [6, 6.07) is 9.92. The molecule has 0 unspecified atom stereocenters. The number of esters is 2. The summed E-state index contributed by atoms with van der Waals surface area (Å²) in [7, 11) is 4.31. The Labute approximate surface area is 250 Å². The maximum Gasteiger partial charge on any atom is 0.338 e. The Balaban J connectivity index is 1.58. The van der Waals surface area contributed by atoms with E-state index in [-0.39, 0.29) is 46.3 Å². The molecule has 1 saturated heterocycles. The van der Waals surface area contributed by atoms with Crippen molar-refractivity contribution >= 4 is 46.7 Å². The minimum Gasteiger partial charge on any atom is -0.491 e. The molecular formula is C29H23Cl3O9. The van der Waals surface area contributed by atoms with Crippen molar-refractivity contribution in [1.29, 1.82) is 0 Å². The van der Waals surface area contributed by atoms with Gasteiger partial charge in [-0.1, -0.05) is 40.9 Å². The first-order valence-corrected chi connectivity index (χ1v) is 13.7. The maximum atomic E-state index is 13.4. The van der Waals surface area contributed by atoms with Gasteiger partial charge in [0.1, 0.15) is 6.10 Å². The third-order valence-electron chi connectivity index (χ3n) is 7.62. The molecule has 2 aliphatic heterocycles. The molecule has 3 aromatic rings. The van der Waals surface area contributed by atoms with Gasteiger partial charge in [0, 0.05) is 28.0 Å². The molecule has 214 valence electrons. The van der Waals surface area contributed by atoms with E-state index >= 15 is 0 Å². The highest BCUT2D eigenvalue weighted by molar-refractivity contribution is 6.38. The summed E-state index contributed by atoms with van der Waals surface area (Å²) >= 11 is 20.0. The lowest BCUT2D eigenvalue weighted by atomic mass is 9.66. The van der Waals surface area contributed by atoms with Crippen LogP contribution in [0, 0.1) is 11.8 Å². The summed E-state index contributed by atoms with van der Waals surface area (Å²) in [6.45, 7) is 0.0114. The van der Waals surface area contributed by atoms with Crippen LogP contribution in [-0.2, 0) is 14.3 Å². The number of methoxy groups -OCH3 is 3. The van der Waals surface area contributed by atoms with Crippen molar-refractivity contribution in [1.82, 2.24) is 0 Å². The Bertz CT molecular complexity index is 1540. The minimum atomic E-state index is -0.877. The molecule has 0 N–H and O–H groups in total. The van der Waals surface area contributed by atoms with Crippen LogP contribution in [-0.4, -0.2) is 46.7 Å². The van der Waals surface area contributed by atoms with Crippen LogP contribution >= 0.6 is 34.8 Å². The number of rotatable bonds is 6. The highest BCUT2D eigenvalue weighted by Gasteiger charge is 2.55. The third-order valence-corrected chi connectivity index (χ3v) is 8.61. The Kier molecular flexibility index (Phi) is 7.21. The molecule has 0 spiro atoms. The fraction of sp³-hybridized carbons (Fsp3) is 0.310. The number of cyclic esters (lactones) is 1. The quantitative estimate of drug-likeness (QED) is 0.297. The topological polar surface area (TPSA) is 98.8 Å². The first kappa shape index (κ1) is 27.6. The fourth-order valence-electron chi connectivity index (χ4n) is 5.88. The van der Waals surface area contributed by atoms with Crippen LogP contribution in [0.3, 0.4) is 0 Å². The van der Waals surface area contributed by atoms with Crippen LogP contribution in [0.15, 0.2) is 36.4 Å². The Morgan fingerprint density at radius 1 is 0.854 bits per heavy atom. The lowest BCUT2D eigenvalue weighted by molar-refractivity contribution is -0.141. The number of benzene rings is 3. The number of ether oxygens (including phenoxy) is 7. The zero-order valence-electron chi connectivity index (χ0n) is 22.0. The average molecular weight is 622 g/mol. The predicted molar refractivity (Wildman–Crippen MR) is 148 cm³/mol. The van der Waals surface area contributed by atoms with Gasteiger partial charge in [-0.3, -0.25) is 4.79 Å². The molecule has 4 atom stereocenters. The fourth-order valence-corrected chi connectivity index (χ4v) is 6.87. The molecule has 2 heterocycles. The molecule has 12 heteroatoms. The average Bonchev–Trinajstić information content (AvgIpc) is 3.59. The molecule has 9 nitrogen and oxygen atoms in total. The van der Waals surface area contributed by atoms with Crippen molar-refractivity contribution in [3.63, 3.8) is 0 Å². The molecule has 0 saturated carbocycles. The van der Waals surface area contributed by atoms with E-state index in [4.69, 9.17) is 68.0 Å². The smallest absolute Gasteiger partial charge is 0.338 e. The number of hydrogen-bond donors (Lipinski definition) is 0. The van der Waals surface area contributed by atoms with Crippen LogP contribution in [0.5, 0.6) is 28.7 Å². The normalized spacial score (nSPS) is 22.0. The van der Waals surface area contributed by atoms with Gasteiger partial charge in [-0.05, 0) is 35.9 Å². The van der Waals surface area contributed by atoms with Crippen LogP contribution in [0.25, 0.3) is 0 Å². The third kappa shape index (κ3) is 4.38. The van der Waals surface area contributed by atoms with Gasteiger partial charge in [-0.25, -0.2) is 4.79 Å². The number of halogens is 3. The molecule has 0 bridgehead atoms. The molecule has 3 aliphatic rings. The summed E-state index contributed by atoms with van der Waals surface area (Å²) < 4.78 is 39.7. The first-order valence-electron chi connectivity index (χ1n) is 12.5. The van der Waals surface area contributed by atoms with Crippen molar-refractivity contribution in [2.24, 2.45) is 11.8 Å². The number of carbonyl (C=O) groups excluding carboxylic acids is 2. The highest BCUT2D eigenvalue weighted by Crippen LogP contribution is 2.60. The van der Waals surface area contributed by atoms with E-state index in [1.165, 1.54) is 27.4 Å². The Hall–Kier alpha value is -3.53. The molecule has 6 rings (SSSR count). The second kappa shape index (κ2) is 10.7. The summed E-state index contributed by atoms with van der Waals surface area (Å²) in [5, 5.41) is 0.657. The maximum absolute atomic E-state index is 13.4. The number of hydrogen-bond acceptors (Lipinski definition) is 9. The largest absolute Gasteiger partial charge is 0.491 e. The Morgan fingerprint density at radius 2 is 1.49 bits per heavy atom. The van der Waals surface area contributed by atoms with Crippen LogP contribution in [0.2, 0.25) is 15.1 Å². The molecular weight excluding hydrogens is 599 g/mol. The van der Waals surface area contributed by atoms with Gasteiger partial charge in [0.05, 0.1) is 49.5 Å².